The van der Waals surface area contributed by atoms with Crippen LogP contribution in [0.5, 0.6) is 5.75 Å². The Labute approximate surface area is 156 Å². The standard InChI is InChI=1S/C19H20ClN3O3/c1-4-26-17(25)10-7-13-15(12-8-11(20)5-6-14(12)24)22-18(21)23-16(13)19(2,3)9-10/h5-8,24H,4,9H2,1-3H3,(H2,21,22,23). The molecule has 0 bridgehead atoms. The molecule has 0 saturated carbocycles. The molecule has 0 amide bonds. The Kier molecular flexibility index (Phi) is 4.63. The summed E-state index contributed by atoms with van der Waals surface area (Å²) in [5.74, 6) is -0.257. The number of rotatable bonds is 3. The molecule has 7 heteroatoms. The minimum atomic E-state index is -0.452. The van der Waals surface area contributed by atoms with Gasteiger partial charge in [-0.25, -0.2) is 14.8 Å². The number of fused-ring (bicyclic) bond motifs is 1. The Balaban J connectivity index is 2.29. The zero-order valence-corrected chi connectivity index (χ0v) is 15.6. The fourth-order valence-electron chi connectivity index (χ4n) is 3.18. The predicted molar refractivity (Wildman–Crippen MR) is 101 cm³/mol. The first kappa shape index (κ1) is 18.2. The van der Waals surface area contributed by atoms with Crippen molar-refractivity contribution in [3.8, 4) is 17.0 Å². The number of phenolic OH excluding ortho intramolecular Hbond substituents is 1. The number of hydrogen-bond donors (Lipinski definition) is 2. The maximum absolute atomic E-state index is 12.3. The summed E-state index contributed by atoms with van der Waals surface area (Å²) in [6, 6.07) is 4.69. The number of phenols is 1. The number of nitrogen functional groups attached to an aromatic ring is 1. The third kappa shape index (κ3) is 3.24. The van der Waals surface area contributed by atoms with Gasteiger partial charge in [0.15, 0.2) is 0 Å². The summed E-state index contributed by atoms with van der Waals surface area (Å²) < 4.78 is 5.16. The van der Waals surface area contributed by atoms with Gasteiger partial charge in [0.05, 0.1) is 18.0 Å². The second kappa shape index (κ2) is 6.61. The van der Waals surface area contributed by atoms with Crippen LogP contribution in [-0.2, 0) is 14.9 Å². The lowest BCUT2D eigenvalue weighted by Crippen LogP contribution is -2.28. The number of anilines is 1. The van der Waals surface area contributed by atoms with E-state index < -0.39 is 5.41 Å². The number of esters is 1. The van der Waals surface area contributed by atoms with Crippen molar-refractivity contribution in [3.63, 3.8) is 0 Å². The van der Waals surface area contributed by atoms with Crippen molar-refractivity contribution in [2.24, 2.45) is 0 Å². The van der Waals surface area contributed by atoms with Crippen LogP contribution in [0.3, 0.4) is 0 Å². The van der Waals surface area contributed by atoms with E-state index in [1.807, 2.05) is 13.8 Å². The zero-order chi connectivity index (χ0) is 19.1. The van der Waals surface area contributed by atoms with Crippen molar-refractivity contribution in [2.45, 2.75) is 32.6 Å². The molecule has 1 aromatic heterocycles. The van der Waals surface area contributed by atoms with E-state index in [0.29, 0.717) is 46.1 Å². The summed E-state index contributed by atoms with van der Waals surface area (Å²) in [7, 11) is 0. The summed E-state index contributed by atoms with van der Waals surface area (Å²) in [4.78, 5) is 21.0. The lowest BCUT2D eigenvalue weighted by atomic mass is 9.75. The monoisotopic (exact) mass is 373 g/mol. The molecule has 1 aliphatic carbocycles. The molecule has 26 heavy (non-hydrogen) atoms. The van der Waals surface area contributed by atoms with Crippen LogP contribution in [0.2, 0.25) is 5.02 Å². The second-order valence-corrected chi connectivity index (χ2v) is 7.24. The number of carbonyl (C=O) groups excluding carboxylic acids is 1. The molecule has 1 heterocycles. The lowest BCUT2D eigenvalue weighted by molar-refractivity contribution is -0.138. The van der Waals surface area contributed by atoms with Crippen molar-refractivity contribution in [1.82, 2.24) is 9.97 Å². The van der Waals surface area contributed by atoms with Gasteiger partial charge in [-0.1, -0.05) is 25.4 Å². The fourth-order valence-corrected chi connectivity index (χ4v) is 3.35. The zero-order valence-electron chi connectivity index (χ0n) is 14.8. The van der Waals surface area contributed by atoms with E-state index >= 15 is 0 Å². The van der Waals surface area contributed by atoms with E-state index in [1.54, 1.807) is 25.1 Å². The molecule has 0 radical (unpaired) electrons. The maximum Gasteiger partial charge on any atom is 0.334 e. The molecule has 0 fully saturated rings. The van der Waals surface area contributed by atoms with Crippen LogP contribution in [-0.4, -0.2) is 27.7 Å². The summed E-state index contributed by atoms with van der Waals surface area (Å²) in [5.41, 5.74) is 8.21. The molecule has 6 nitrogen and oxygen atoms in total. The van der Waals surface area contributed by atoms with Gasteiger partial charge in [0.2, 0.25) is 5.95 Å². The van der Waals surface area contributed by atoms with Gasteiger partial charge in [-0.2, -0.15) is 0 Å². The molecular weight excluding hydrogens is 354 g/mol. The minimum absolute atomic E-state index is 0.0177. The van der Waals surface area contributed by atoms with Gasteiger partial charge in [-0.15, -0.1) is 0 Å². The van der Waals surface area contributed by atoms with Gasteiger partial charge >= 0.3 is 5.97 Å². The number of halogens is 1. The van der Waals surface area contributed by atoms with Crippen molar-refractivity contribution in [1.29, 1.82) is 0 Å². The van der Waals surface area contributed by atoms with Gasteiger partial charge in [0.25, 0.3) is 0 Å². The highest BCUT2D eigenvalue weighted by Gasteiger charge is 2.35. The van der Waals surface area contributed by atoms with Crippen LogP contribution in [0.15, 0.2) is 23.8 Å². The summed E-state index contributed by atoms with van der Waals surface area (Å²) in [5, 5.41) is 10.8. The Morgan fingerprint density at radius 3 is 2.81 bits per heavy atom. The van der Waals surface area contributed by atoms with Crippen LogP contribution in [0, 0.1) is 0 Å². The van der Waals surface area contributed by atoms with Crippen LogP contribution >= 0.6 is 11.6 Å². The molecule has 0 unspecified atom stereocenters. The van der Waals surface area contributed by atoms with E-state index in [-0.39, 0.29) is 17.7 Å². The molecule has 1 aromatic carbocycles. The summed E-state index contributed by atoms with van der Waals surface area (Å²) in [6.07, 6.45) is 2.18. The Bertz CT molecular complexity index is 922. The number of nitrogens with zero attached hydrogens (tertiary/aromatic N) is 2. The molecule has 0 atom stereocenters. The molecule has 0 aliphatic heterocycles. The third-order valence-electron chi connectivity index (χ3n) is 4.31. The molecular formula is C19H20ClN3O3. The average molecular weight is 374 g/mol. The molecule has 1 aliphatic rings. The van der Waals surface area contributed by atoms with Gasteiger partial charge in [0, 0.05) is 27.1 Å². The topological polar surface area (TPSA) is 98.3 Å². The normalized spacial score (nSPS) is 15.2. The molecule has 3 N–H and O–H groups in total. The molecule has 0 spiro atoms. The van der Waals surface area contributed by atoms with Crippen molar-refractivity contribution in [2.75, 3.05) is 12.3 Å². The molecule has 3 rings (SSSR count). The predicted octanol–water partition coefficient (Wildman–Crippen LogP) is 3.71. The van der Waals surface area contributed by atoms with E-state index in [1.165, 1.54) is 6.07 Å². The molecule has 136 valence electrons. The van der Waals surface area contributed by atoms with E-state index in [0.717, 1.165) is 0 Å². The van der Waals surface area contributed by atoms with Crippen molar-refractivity contribution >= 4 is 29.6 Å². The molecule has 0 saturated heterocycles. The number of aromatic nitrogens is 2. The van der Waals surface area contributed by atoms with Crippen LogP contribution in [0.1, 0.15) is 38.4 Å². The summed E-state index contributed by atoms with van der Waals surface area (Å²) >= 11 is 6.09. The highest BCUT2D eigenvalue weighted by atomic mass is 35.5. The highest BCUT2D eigenvalue weighted by Crippen LogP contribution is 2.43. The van der Waals surface area contributed by atoms with Crippen molar-refractivity contribution < 1.29 is 14.6 Å². The quantitative estimate of drug-likeness (QED) is 0.796. The number of aromatic hydroxyl groups is 1. The SMILES string of the molecule is CCOC(=O)C1=Cc2c(-c3cc(Cl)ccc3O)nc(N)nc2C(C)(C)C1. The second-order valence-electron chi connectivity index (χ2n) is 6.80. The maximum atomic E-state index is 12.3. The van der Waals surface area contributed by atoms with Gasteiger partial charge in [-0.05, 0) is 37.6 Å². The number of nitrogens with two attached hydrogens (primary N) is 1. The lowest BCUT2D eigenvalue weighted by Gasteiger charge is -2.31. The van der Waals surface area contributed by atoms with Gasteiger partial charge < -0.3 is 15.6 Å². The smallest absolute Gasteiger partial charge is 0.334 e. The summed E-state index contributed by atoms with van der Waals surface area (Å²) in [6.45, 7) is 6.02. The average Bonchev–Trinajstić information content (AvgIpc) is 2.57. The Morgan fingerprint density at radius 2 is 2.12 bits per heavy atom. The third-order valence-corrected chi connectivity index (χ3v) is 4.54. The number of carbonyl (C=O) groups is 1. The number of ether oxygens (including phenoxy) is 1. The first-order chi connectivity index (χ1) is 12.2. The van der Waals surface area contributed by atoms with E-state index in [9.17, 15) is 9.90 Å². The first-order valence-electron chi connectivity index (χ1n) is 8.27. The fraction of sp³-hybridized carbons (Fsp3) is 0.316. The Morgan fingerprint density at radius 1 is 1.38 bits per heavy atom. The van der Waals surface area contributed by atoms with Crippen LogP contribution < -0.4 is 5.73 Å². The van der Waals surface area contributed by atoms with Gasteiger partial charge in [-0.3, -0.25) is 0 Å². The van der Waals surface area contributed by atoms with Crippen molar-refractivity contribution in [3.05, 3.63) is 40.1 Å². The minimum Gasteiger partial charge on any atom is -0.507 e. The molecule has 2 aromatic rings. The largest absolute Gasteiger partial charge is 0.507 e. The van der Waals surface area contributed by atoms with E-state index in [2.05, 4.69) is 9.97 Å². The van der Waals surface area contributed by atoms with Crippen LogP contribution in [0.25, 0.3) is 17.3 Å². The van der Waals surface area contributed by atoms with Crippen LogP contribution in [0.4, 0.5) is 5.95 Å². The van der Waals surface area contributed by atoms with E-state index in [4.69, 9.17) is 22.1 Å². The number of benzene rings is 1. The Hall–Kier alpha value is -2.60. The van der Waals surface area contributed by atoms with Gasteiger partial charge in [0.1, 0.15) is 5.75 Å². The highest BCUT2D eigenvalue weighted by molar-refractivity contribution is 6.31. The first-order valence-corrected chi connectivity index (χ1v) is 8.65. The number of hydrogen-bond acceptors (Lipinski definition) is 6.